The van der Waals surface area contributed by atoms with Crippen LogP contribution < -0.4 is 4.90 Å². The van der Waals surface area contributed by atoms with Crippen molar-refractivity contribution in [2.45, 2.75) is 20.3 Å². The molecule has 26 heavy (non-hydrogen) atoms. The molecule has 1 fully saturated rings. The van der Waals surface area contributed by atoms with E-state index in [2.05, 4.69) is 48.2 Å². The number of ether oxygens (including phenoxy) is 1. The molecule has 132 valence electrons. The lowest BCUT2D eigenvalue weighted by molar-refractivity contribution is -0.122. The van der Waals surface area contributed by atoms with Gasteiger partial charge in [0.15, 0.2) is 5.76 Å². The van der Waals surface area contributed by atoms with E-state index >= 15 is 0 Å². The van der Waals surface area contributed by atoms with Crippen LogP contribution in [0, 0.1) is 0 Å². The maximum Gasteiger partial charge on any atom is 0.297 e. The first-order chi connectivity index (χ1) is 12.6. The normalized spacial score (nSPS) is 17.4. The number of thiocarbonyl (C=S) groups is 1. The fraction of sp³-hybridized carbons (Fsp3) is 0.238. The zero-order valence-corrected chi connectivity index (χ0v) is 15.7. The van der Waals surface area contributed by atoms with E-state index in [4.69, 9.17) is 17.0 Å². The zero-order chi connectivity index (χ0) is 18.3. The molecule has 4 nitrogen and oxygen atoms in total. The van der Waals surface area contributed by atoms with Gasteiger partial charge >= 0.3 is 0 Å². The van der Waals surface area contributed by atoms with E-state index < -0.39 is 0 Å². The van der Waals surface area contributed by atoms with Crippen molar-refractivity contribution in [2.24, 2.45) is 0 Å². The Bertz CT molecular complexity index is 935. The fourth-order valence-corrected chi connectivity index (χ4v) is 3.93. The molecule has 5 heteroatoms. The Kier molecular flexibility index (Phi) is 4.24. The van der Waals surface area contributed by atoms with Crippen molar-refractivity contribution in [3.8, 4) is 0 Å². The van der Waals surface area contributed by atoms with Gasteiger partial charge in [-0.15, -0.1) is 0 Å². The largest absolute Gasteiger partial charge is 0.426 e. The SMILES string of the molecule is CCN1C(=O)/C(=C/c2ccc3c(c2)Cc2ccccc2N3CC)OC1=S. The van der Waals surface area contributed by atoms with Crippen molar-refractivity contribution < 1.29 is 9.53 Å². The fourth-order valence-electron chi connectivity index (χ4n) is 3.62. The first-order valence-corrected chi connectivity index (χ1v) is 9.27. The predicted octanol–water partition coefficient (Wildman–Crippen LogP) is 4.25. The van der Waals surface area contributed by atoms with Crippen LogP contribution in [0.5, 0.6) is 0 Å². The Labute approximate surface area is 158 Å². The topological polar surface area (TPSA) is 32.8 Å². The number of carbonyl (C=O) groups is 1. The van der Waals surface area contributed by atoms with E-state index in [-0.39, 0.29) is 11.1 Å². The smallest absolute Gasteiger partial charge is 0.297 e. The first-order valence-electron chi connectivity index (χ1n) is 8.86. The number of nitrogens with zero attached hydrogens (tertiary/aromatic N) is 2. The van der Waals surface area contributed by atoms with Crippen LogP contribution in [0.25, 0.3) is 6.08 Å². The van der Waals surface area contributed by atoms with Gasteiger partial charge in [-0.2, -0.15) is 0 Å². The monoisotopic (exact) mass is 364 g/mol. The molecule has 2 aliphatic heterocycles. The molecule has 0 radical (unpaired) electrons. The van der Waals surface area contributed by atoms with Crippen LogP contribution in [-0.4, -0.2) is 29.1 Å². The van der Waals surface area contributed by atoms with Crippen molar-refractivity contribution in [3.05, 3.63) is 64.9 Å². The molecule has 4 rings (SSSR count). The summed E-state index contributed by atoms with van der Waals surface area (Å²) < 4.78 is 5.48. The summed E-state index contributed by atoms with van der Waals surface area (Å²) in [7, 11) is 0. The predicted molar refractivity (Wildman–Crippen MR) is 107 cm³/mol. The lowest BCUT2D eigenvalue weighted by atomic mass is 9.94. The number of fused-ring (bicyclic) bond motifs is 2. The van der Waals surface area contributed by atoms with Gasteiger partial charge in [0.25, 0.3) is 11.1 Å². The minimum atomic E-state index is -0.171. The first kappa shape index (κ1) is 16.8. The van der Waals surface area contributed by atoms with Gasteiger partial charge in [0.05, 0.1) is 0 Å². The second-order valence-electron chi connectivity index (χ2n) is 6.36. The molecule has 2 aromatic carbocycles. The minimum absolute atomic E-state index is 0.171. The van der Waals surface area contributed by atoms with E-state index in [1.54, 1.807) is 6.08 Å². The van der Waals surface area contributed by atoms with Crippen molar-refractivity contribution in [3.63, 3.8) is 0 Å². The van der Waals surface area contributed by atoms with Gasteiger partial charge in [-0.1, -0.05) is 24.3 Å². The number of rotatable bonds is 3. The van der Waals surface area contributed by atoms with E-state index in [0.717, 1.165) is 18.5 Å². The molecule has 0 N–H and O–H groups in total. The molecule has 0 spiro atoms. The van der Waals surface area contributed by atoms with Crippen molar-refractivity contribution >= 4 is 40.8 Å². The van der Waals surface area contributed by atoms with Crippen LogP contribution in [0.15, 0.2) is 48.2 Å². The summed E-state index contributed by atoms with van der Waals surface area (Å²) in [5.74, 6) is 0.121. The molecule has 2 aromatic rings. The molecule has 0 bridgehead atoms. The molecular formula is C21H20N2O2S. The number of hydrogen-bond acceptors (Lipinski definition) is 4. The number of hydrogen-bond donors (Lipinski definition) is 0. The quantitative estimate of drug-likeness (QED) is 0.602. The lowest BCUT2D eigenvalue weighted by Crippen LogP contribution is -2.27. The molecule has 1 amide bonds. The van der Waals surface area contributed by atoms with Crippen molar-refractivity contribution in [2.75, 3.05) is 18.0 Å². The maximum absolute atomic E-state index is 12.3. The van der Waals surface area contributed by atoms with E-state index in [9.17, 15) is 4.79 Å². The van der Waals surface area contributed by atoms with Crippen LogP contribution in [0.3, 0.4) is 0 Å². The Morgan fingerprint density at radius 3 is 2.50 bits per heavy atom. The summed E-state index contributed by atoms with van der Waals surface area (Å²) in [6.07, 6.45) is 2.66. The van der Waals surface area contributed by atoms with Gasteiger partial charge in [-0.3, -0.25) is 9.69 Å². The number of benzene rings is 2. The highest BCUT2D eigenvalue weighted by atomic mass is 32.1. The summed E-state index contributed by atoms with van der Waals surface area (Å²) in [5, 5.41) is 0.229. The number of amides is 1. The molecule has 0 saturated carbocycles. The van der Waals surface area contributed by atoms with E-state index in [1.807, 2.05) is 13.0 Å². The molecule has 1 saturated heterocycles. The number of anilines is 2. The molecular weight excluding hydrogens is 344 g/mol. The average Bonchev–Trinajstić information content (AvgIpc) is 2.92. The van der Waals surface area contributed by atoms with Gasteiger partial charge in [0.2, 0.25) is 0 Å². The second-order valence-corrected chi connectivity index (χ2v) is 6.71. The third kappa shape index (κ3) is 2.69. The third-order valence-corrected chi connectivity index (χ3v) is 5.17. The van der Waals surface area contributed by atoms with Gasteiger partial charge in [0.1, 0.15) is 0 Å². The molecule has 0 unspecified atom stereocenters. The number of carbonyl (C=O) groups excluding carboxylic acids is 1. The van der Waals surface area contributed by atoms with Gasteiger partial charge in [-0.25, -0.2) is 0 Å². The van der Waals surface area contributed by atoms with E-state index in [0.29, 0.717) is 12.3 Å². The Morgan fingerprint density at radius 2 is 1.77 bits per heavy atom. The summed E-state index contributed by atoms with van der Waals surface area (Å²) in [6.45, 7) is 5.46. The van der Waals surface area contributed by atoms with E-state index in [1.165, 1.54) is 27.4 Å². The molecule has 0 aromatic heterocycles. The van der Waals surface area contributed by atoms with Gasteiger partial charge < -0.3 is 9.64 Å². The van der Waals surface area contributed by atoms with Crippen LogP contribution in [0.2, 0.25) is 0 Å². The summed E-state index contributed by atoms with van der Waals surface area (Å²) in [4.78, 5) is 16.1. The highest BCUT2D eigenvalue weighted by Crippen LogP contribution is 2.38. The van der Waals surface area contributed by atoms with Crippen LogP contribution in [-0.2, 0) is 16.0 Å². The standard InChI is InChI=1S/C21H20N2O2S/c1-3-22-17-8-6-5-7-15(17)13-16-11-14(9-10-18(16)22)12-19-20(24)23(4-2)21(26)25-19/h5-12H,3-4,13H2,1-2H3/b19-12-. The minimum Gasteiger partial charge on any atom is -0.426 e. The Hall–Kier alpha value is -2.66. The van der Waals surface area contributed by atoms with Crippen LogP contribution in [0.4, 0.5) is 11.4 Å². The van der Waals surface area contributed by atoms with Crippen molar-refractivity contribution in [1.82, 2.24) is 4.90 Å². The van der Waals surface area contributed by atoms with Crippen molar-refractivity contribution in [1.29, 1.82) is 0 Å². The summed E-state index contributed by atoms with van der Waals surface area (Å²) in [6, 6.07) is 14.8. The Balaban J connectivity index is 1.70. The highest BCUT2D eigenvalue weighted by molar-refractivity contribution is 7.80. The third-order valence-electron chi connectivity index (χ3n) is 4.86. The van der Waals surface area contributed by atoms with Crippen LogP contribution >= 0.6 is 12.2 Å². The number of para-hydroxylation sites is 1. The van der Waals surface area contributed by atoms with Gasteiger partial charge in [-0.05, 0) is 67.0 Å². The Morgan fingerprint density at radius 1 is 1.04 bits per heavy atom. The highest BCUT2D eigenvalue weighted by Gasteiger charge is 2.32. The lowest BCUT2D eigenvalue weighted by Gasteiger charge is -2.32. The number of likely N-dealkylation sites (N-methyl/N-ethyl adjacent to an activating group) is 1. The summed E-state index contributed by atoms with van der Waals surface area (Å²) in [5.41, 5.74) is 6.01. The van der Waals surface area contributed by atoms with Crippen LogP contribution in [0.1, 0.15) is 30.5 Å². The molecule has 0 atom stereocenters. The molecule has 0 aliphatic carbocycles. The zero-order valence-electron chi connectivity index (χ0n) is 14.9. The second kappa shape index (κ2) is 6.57. The molecule has 2 heterocycles. The maximum atomic E-state index is 12.3. The van der Waals surface area contributed by atoms with Gasteiger partial charge in [0, 0.05) is 30.9 Å². The average molecular weight is 364 g/mol. The molecule has 2 aliphatic rings. The summed E-state index contributed by atoms with van der Waals surface area (Å²) >= 11 is 5.12.